The zero-order valence-corrected chi connectivity index (χ0v) is 13.1. The number of halogens is 1. The fraction of sp³-hybridized carbons (Fsp3) is 0.368. The molecule has 0 fully saturated rings. The summed E-state index contributed by atoms with van der Waals surface area (Å²) in [5.41, 5.74) is 4.02. The molecule has 0 radical (unpaired) electrons. The van der Waals surface area contributed by atoms with Crippen LogP contribution in [0, 0.1) is 5.82 Å². The third kappa shape index (κ3) is 4.15. The molecular formula is C19H24FN. The molecule has 2 rings (SSSR count). The van der Waals surface area contributed by atoms with Gasteiger partial charge in [-0.2, -0.15) is 0 Å². The maximum atomic E-state index is 14.1. The van der Waals surface area contributed by atoms with Gasteiger partial charge in [0.05, 0.1) is 0 Å². The van der Waals surface area contributed by atoms with Crippen molar-refractivity contribution >= 4 is 0 Å². The van der Waals surface area contributed by atoms with Crippen molar-refractivity contribution < 1.29 is 4.39 Å². The van der Waals surface area contributed by atoms with Gasteiger partial charge in [-0.25, -0.2) is 4.39 Å². The highest BCUT2D eigenvalue weighted by molar-refractivity contribution is 5.65. The van der Waals surface area contributed by atoms with Crippen molar-refractivity contribution in [1.29, 1.82) is 0 Å². The lowest BCUT2D eigenvalue weighted by Crippen LogP contribution is -2.13. The molecule has 2 aromatic carbocycles. The van der Waals surface area contributed by atoms with Gasteiger partial charge in [-0.05, 0) is 47.7 Å². The molecule has 1 nitrogen and oxygen atoms in total. The van der Waals surface area contributed by atoms with Gasteiger partial charge in [0.15, 0.2) is 0 Å². The average molecular weight is 285 g/mol. The highest BCUT2D eigenvalue weighted by atomic mass is 19.1. The Hall–Kier alpha value is -1.67. The number of benzene rings is 2. The minimum Gasteiger partial charge on any atom is -0.313 e. The molecule has 0 aromatic heterocycles. The summed E-state index contributed by atoms with van der Waals surface area (Å²) in [6.45, 7) is 8.23. The minimum atomic E-state index is -0.161. The Morgan fingerprint density at radius 3 is 2.38 bits per heavy atom. The molecule has 0 aliphatic carbocycles. The quantitative estimate of drug-likeness (QED) is 0.727. The van der Waals surface area contributed by atoms with Gasteiger partial charge in [0.2, 0.25) is 0 Å². The molecule has 1 N–H and O–H groups in total. The van der Waals surface area contributed by atoms with E-state index in [-0.39, 0.29) is 5.82 Å². The van der Waals surface area contributed by atoms with E-state index in [4.69, 9.17) is 0 Å². The Kier molecular flexibility index (Phi) is 5.51. The average Bonchev–Trinajstić information content (AvgIpc) is 2.49. The molecule has 0 heterocycles. The molecule has 0 bridgehead atoms. The number of hydrogen-bond acceptors (Lipinski definition) is 1. The fourth-order valence-corrected chi connectivity index (χ4v) is 2.36. The van der Waals surface area contributed by atoms with Gasteiger partial charge in [0, 0.05) is 12.1 Å². The molecule has 0 aliphatic rings. The molecule has 112 valence electrons. The SMILES string of the molecule is CCCNCc1ccc(F)c(-c2ccc(C(C)C)cc2)c1. The first-order chi connectivity index (χ1) is 10.1. The van der Waals surface area contributed by atoms with Crippen molar-refractivity contribution in [3.05, 3.63) is 59.4 Å². The normalized spacial score (nSPS) is 11.1. The molecule has 0 aliphatic heterocycles. The van der Waals surface area contributed by atoms with Crippen LogP contribution in [-0.2, 0) is 6.54 Å². The Morgan fingerprint density at radius 2 is 1.76 bits per heavy atom. The highest BCUT2D eigenvalue weighted by Gasteiger charge is 2.07. The lowest BCUT2D eigenvalue weighted by molar-refractivity contribution is 0.628. The number of hydrogen-bond donors (Lipinski definition) is 1. The highest BCUT2D eigenvalue weighted by Crippen LogP contribution is 2.26. The van der Waals surface area contributed by atoms with Crippen molar-refractivity contribution in [2.45, 2.75) is 39.7 Å². The summed E-state index contributed by atoms with van der Waals surface area (Å²) in [4.78, 5) is 0. The van der Waals surface area contributed by atoms with Crippen molar-refractivity contribution in [3.8, 4) is 11.1 Å². The fourth-order valence-electron chi connectivity index (χ4n) is 2.36. The monoisotopic (exact) mass is 285 g/mol. The maximum Gasteiger partial charge on any atom is 0.131 e. The molecule has 2 heteroatoms. The summed E-state index contributed by atoms with van der Waals surface area (Å²) < 4.78 is 14.1. The zero-order valence-electron chi connectivity index (χ0n) is 13.1. The van der Waals surface area contributed by atoms with Gasteiger partial charge in [0.25, 0.3) is 0 Å². The van der Waals surface area contributed by atoms with Gasteiger partial charge in [0.1, 0.15) is 5.82 Å². The second-order valence-corrected chi connectivity index (χ2v) is 5.77. The molecule has 2 aromatic rings. The van der Waals surface area contributed by atoms with E-state index in [0.29, 0.717) is 11.5 Å². The summed E-state index contributed by atoms with van der Waals surface area (Å²) in [6.07, 6.45) is 1.10. The van der Waals surface area contributed by atoms with E-state index in [1.807, 2.05) is 24.3 Å². The van der Waals surface area contributed by atoms with Crippen LogP contribution in [0.1, 0.15) is 44.2 Å². The van der Waals surface area contributed by atoms with Crippen molar-refractivity contribution in [1.82, 2.24) is 5.32 Å². The van der Waals surface area contributed by atoms with Crippen molar-refractivity contribution in [2.75, 3.05) is 6.54 Å². The van der Waals surface area contributed by atoms with E-state index in [2.05, 4.69) is 38.2 Å². The lowest BCUT2D eigenvalue weighted by atomic mass is 9.97. The standard InChI is InChI=1S/C19H24FN/c1-4-11-21-13-15-5-10-19(20)18(12-15)17-8-6-16(7-9-17)14(2)3/h5-10,12,14,21H,4,11,13H2,1-3H3. The zero-order chi connectivity index (χ0) is 15.2. The first-order valence-electron chi connectivity index (χ1n) is 7.71. The van der Waals surface area contributed by atoms with Crippen LogP contribution in [0.2, 0.25) is 0 Å². The van der Waals surface area contributed by atoms with Crippen LogP contribution < -0.4 is 5.32 Å². The van der Waals surface area contributed by atoms with Crippen LogP contribution in [0.15, 0.2) is 42.5 Å². The Bertz CT molecular complexity index is 573. The van der Waals surface area contributed by atoms with E-state index in [9.17, 15) is 4.39 Å². The summed E-state index contributed by atoms with van der Waals surface area (Å²) >= 11 is 0. The number of rotatable bonds is 6. The Morgan fingerprint density at radius 1 is 1.05 bits per heavy atom. The van der Waals surface area contributed by atoms with Crippen LogP contribution in [0.5, 0.6) is 0 Å². The Balaban J connectivity index is 2.23. The second kappa shape index (κ2) is 7.37. The molecule has 0 atom stereocenters. The maximum absolute atomic E-state index is 14.1. The third-order valence-electron chi connectivity index (χ3n) is 3.68. The lowest BCUT2D eigenvalue weighted by Gasteiger charge is -2.10. The van der Waals surface area contributed by atoms with Gasteiger partial charge in [-0.15, -0.1) is 0 Å². The molecule has 0 amide bonds. The summed E-state index contributed by atoms with van der Waals surface area (Å²) in [5.74, 6) is 0.333. The van der Waals surface area contributed by atoms with E-state index < -0.39 is 0 Å². The van der Waals surface area contributed by atoms with Crippen molar-refractivity contribution in [2.24, 2.45) is 0 Å². The second-order valence-electron chi connectivity index (χ2n) is 5.77. The smallest absolute Gasteiger partial charge is 0.131 e. The third-order valence-corrected chi connectivity index (χ3v) is 3.68. The topological polar surface area (TPSA) is 12.0 Å². The van der Waals surface area contributed by atoms with Gasteiger partial charge < -0.3 is 5.32 Å². The van der Waals surface area contributed by atoms with E-state index in [0.717, 1.165) is 30.6 Å². The largest absolute Gasteiger partial charge is 0.313 e. The molecule has 0 unspecified atom stereocenters. The van der Waals surface area contributed by atoms with Crippen molar-refractivity contribution in [3.63, 3.8) is 0 Å². The van der Waals surface area contributed by atoms with Gasteiger partial charge in [-0.1, -0.05) is 51.1 Å². The van der Waals surface area contributed by atoms with Gasteiger partial charge in [-0.3, -0.25) is 0 Å². The van der Waals surface area contributed by atoms with Gasteiger partial charge >= 0.3 is 0 Å². The summed E-state index contributed by atoms with van der Waals surface area (Å²) in [7, 11) is 0. The van der Waals surface area contributed by atoms with Crippen LogP contribution in [0.4, 0.5) is 4.39 Å². The van der Waals surface area contributed by atoms with Crippen LogP contribution in [0.3, 0.4) is 0 Å². The predicted octanol–water partition coefficient (Wildman–Crippen LogP) is 5.12. The number of nitrogens with one attached hydrogen (secondary N) is 1. The van der Waals surface area contributed by atoms with E-state index >= 15 is 0 Å². The first kappa shape index (κ1) is 15.7. The molecular weight excluding hydrogens is 261 g/mol. The molecule has 0 saturated heterocycles. The van der Waals surface area contributed by atoms with Crippen LogP contribution in [-0.4, -0.2) is 6.54 Å². The first-order valence-corrected chi connectivity index (χ1v) is 7.71. The molecule has 0 saturated carbocycles. The Labute approximate surface area is 127 Å². The minimum absolute atomic E-state index is 0.161. The summed E-state index contributed by atoms with van der Waals surface area (Å²) in [6, 6.07) is 13.6. The van der Waals surface area contributed by atoms with E-state index in [1.54, 1.807) is 6.07 Å². The van der Waals surface area contributed by atoms with Crippen LogP contribution in [0.25, 0.3) is 11.1 Å². The predicted molar refractivity (Wildman–Crippen MR) is 87.9 cm³/mol. The molecule has 21 heavy (non-hydrogen) atoms. The van der Waals surface area contributed by atoms with Crippen LogP contribution >= 0.6 is 0 Å². The molecule has 0 spiro atoms. The van der Waals surface area contributed by atoms with E-state index in [1.165, 1.54) is 5.56 Å². The summed E-state index contributed by atoms with van der Waals surface area (Å²) in [5, 5.41) is 3.35.